The lowest BCUT2D eigenvalue weighted by atomic mass is 9.93. The number of unbranched alkanes of at least 4 members (excludes halogenated alkanes) is 1. The van der Waals surface area contributed by atoms with Crippen LogP contribution in [0.15, 0.2) is 97.1 Å². The smallest absolute Gasteiger partial charge is 0.245 e. The molecule has 9 atom stereocenters. The van der Waals surface area contributed by atoms with Gasteiger partial charge in [-0.1, -0.05) is 93.9 Å². The number of hydrogen-bond donors (Lipinski definition) is 13. The van der Waals surface area contributed by atoms with E-state index < -0.39 is 126 Å². The van der Waals surface area contributed by atoms with Crippen molar-refractivity contribution in [1.29, 1.82) is 0 Å². The summed E-state index contributed by atoms with van der Waals surface area (Å²) in [6.45, 7) is 3.91. The van der Waals surface area contributed by atoms with Gasteiger partial charge in [0.1, 0.15) is 53.8 Å². The largest absolute Gasteiger partial charge is 0.508 e. The first-order valence-electron chi connectivity index (χ1n) is 28.0. The van der Waals surface area contributed by atoms with E-state index in [9.17, 15) is 63.3 Å². The fourth-order valence-electron chi connectivity index (χ4n) is 9.04. The van der Waals surface area contributed by atoms with Crippen LogP contribution in [0.25, 0.3) is 0 Å². The number of aromatic hydroxyl groups is 2. The van der Waals surface area contributed by atoms with Gasteiger partial charge >= 0.3 is 0 Å². The second kappa shape index (κ2) is 34.9. The van der Waals surface area contributed by atoms with Crippen molar-refractivity contribution < 1.29 is 68.1 Å². The first-order valence-corrected chi connectivity index (χ1v) is 30.9. The molecule has 5 rings (SSSR count). The van der Waals surface area contributed by atoms with Crippen LogP contribution >= 0.6 is 33.2 Å². The number of aliphatic hydroxyl groups is 1. The lowest BCUT2D eigenvalue weighted by Crippen LogP contribution is -2.62. The molecule has 27 heteroatoms. The summed E-state index contributed by atoms with van der Waals surface area (Å²) >= 11 is 6.17. The molecule has 0 saturated carbocycles. The highest BCUT2D eigenvalue weighted by Gasteiger charge is 2.37. The van der Waals surface area contributed by atoms with Crippen LogP contribution in [0, 0.1) is 5.92 Å². The van der Waals surface area contributed by atoms with Gasteiger partial charge in [-0.3, -0.25) is 52.7 Å². The van der Waals surface area contributed by atoms with Crippen molar-refractivity contribution in [1.82, 2.24) is 47.9 Å². The number of rotatable bonds is 24. The molecule has 468 valence electrons. The standard InChI is InChI=1S/C60H75ClN10O14S2/c1-33(72)40-16-8-37(9-17-40)27-48-56(81)65-46(7-5-6-24-63-4)55(80)71-52(34(2)73)60(85)70-51(58(83)66-47(53(62)78)26-38-12-20-43(75)21-13-38)32-87-86-31-50(59(84)68-49(57(82)67-48)28-39-14-22-44(76)23-15-39)69-54(79)41(29-45(77)30-64-35(3)74)25-36-10-18-42(61)19-11-36/h8-23,34,41,46-52,63,73,75-76H,5-7,24-32H2,1-4H3,(H2,62,78)(H,64,74)(H,65,81)(H,66,83)(H,67,82)(H,68,84)(H,69,79)(H,70,85)(H,71,80)/t34-,41-,46+,47-,48-,49+,50-,51+,52+/m1/s1. The van der Waals surface area contributed by atoms with Crippen LogP contribution in [0.5, 0.6) is 11.5 Å². The Morgan fingerprint density at radius 1 is 0.655 bits per heavy atom. The molecule has 14 N–H and O–H groups in total. The molecule has 0 radical (unpaired) electrons. The summed E-state index contributed by atoms with van der Waals surface area (Å²) in [5, 5.41) is 55.6. The number of benzene rings is 4. The first kappa shape index (κ1) is 69.7. The lowest BCUT2D eigenvalue weighted by molar-refractivity contribution is -0.136. The fourth-order valence-corrected chi connectivity index (χ4v) is 11.5. The van der Waals surface area contributed by atoms with Gasteiger partial charge in [-0.05, 0) is 112 Å². The molecule has 87 heavy (non-hydrogen) atoms. The minimum absolute atomic E-state index is 0.0214. The summed E-state index contributed by atoms with van der Waals surface area (Å²) in [7, 11) is 3.56. The van der Waals surface area contributed by atoms with Gasteiger partial charge in [0.05, 0.1) is 12.6 Å². The van der Waals surface area contributed by atoms with Gasteiger partial charge in [0.15, 0.2) is 11.6 Å². The molecule has 1 aliphatic heterocycles. The number of phenols is 2. The Kier molecular flexibility index (Phi) is 28.0. The van der Waals surface area contributed by atoms with Gasteiger partial charge in [-0.2, -0.15) is 0 Å². The molecule has 1 fully saturated rings. The average molecular weight is 1260 g/mol. The Balaban J connectivity index is 1.63. The maximum absolute atomic E-state index is 15.0. The van der Waals surface area contributed by atoms with Crippen molar-refractivity contribution in [2.75, 3.05) is 31.6 Å². The second-order valence-corrected chi connectivity index (χ2v) is 24.0. The number of halogens is 1. The number of nitrogens with two attached hydrogens (primary N) is 1. The number of hydrogen-bond acceptors (Lipinski definition) is 17. The molecule has 4 aromatic carbocycles. The number of ketones is 2. The van der Waals surface area contributed by atoms with Gasteiger partial charge in [0, 0.05) is 60.6 Å². The third-order valence-electron chi connectivity index (χ3n) is 13.9. The number of Topliss-reactive ketones (excluding diaryl/α,β-unsaturated/α-hetero) is 2. The minimum Gasteiger partial charge on any atom is -0.508 e. The zero-order valence-corrected chi connectivity index (χ0v) is 50.9. The highest BCUT2D eigenvalue weighted by atomic mass is 35.5. The molecule has 1 aliphatic rings. The summed E-state index contributed by atoms with van der Waals surface area (Å²) < 4.78 is 0. The molecule has 0 spiro atoms. The predicted molar refractivity (Wildman–Crippen MR) is 328 cm³/mol. The zero-order valence-electron chi connectivity index (χ0n) is 48.5. The van der Waals surface area contributed by atoms with E-state index in [2.05, 4.69) is 47.9 Å². The van der Waals surface area contributed by atoms with Crippen LogP contribution < -0.4 is 53.6 Å². The summed E-state index contributed by atoms with van der Waals surface area (Å²) in [6.07, 6.45) is -1.89. The van der Waals surface area contributed by atoms with Gasteiger partial charge in [0.2, 0.25) is 53.2 Å². The van der Waals surface area contributed by atoms with Crippen LogP contribution in [-0.2, 0) is 73.6 Å². The fraction of sp³-hybridized carbons (Fsp3) is 0.417. The van der Waals surface area contributed by atoms with Crippen molar-refractivity contribution in [2.24, 2.45) is 11.7 Å². The Bertz CT molecular complexity index is 3050. The van der Waals surface area contributed by atoms with E-state index in [-0.39, 0.29) is 60.9 Å². The minimum atomic E-state index is -1.78. The molecular formula is C60H75ClN10O14S2. The average Bonchev–Trinajstić information content (AvgIpc) is 2.44. The summed E-state index contributed by atoms with van der Waals surface area (Å²) in [6, 6.07) is 13.4. The quantitative estimate of drug-likeness (QED) is 0.0264. The molecule has 4 aromatic rings. The van der Waals surface area contributed by atoms with Gasteiger partial charge in [0.25, 0.3) is 0 Å². The van der Waals surface area contributed by atoms with E-state index in [1.54, 1.807) is 43.4 Å². The SMILES string of the molecule is CNCCCC[C@@H]1NC(=O)[C@@H](Cc2ccc(C(C)=O)cc2)NC(=O)[C@H](Cc2ccc(O)cc2)NC(=O)[C@H](NC(=O)[C@@H](CC(=O)CNC(C)=O)Cc2ccc(Cl)cc2)CSSC[C@@H](C(=O)N[C@H](Cc2ccc(O)cc2)C(N)=O)NC(=O)[C@H]([C@@H](C)O)NC1=O. The number of carbonyl (C=O) groups excluding carboxylic acids is 11. The predicted octanol–water partition coefficient (Wildman–Crippen LogP) is 0.980. The first-order chi connectivity index (χ1) is 41.4. The van der Waals surface area contributed by atoms with Crippen molar-refractivity contribution in [2.45, 2.75) is 121 Å². The highest BCUT2D eigenvalue weighted by molar-refractivity contribution is 8.76. The van der Waals surface area contributed by atoms with Crippen LogP contribution in [0.2, 0.25) is 5.02 Å². The summed E-state index contributed by atoms with van der Waals surface area (Å²) in [5.74, 6) is -10.7. The zero-order chi connectivity index (χ0) is 63.7. The third-order valence-corrected chi connectivity index (χ3v) is 16.6. The van der Waals surface area contributed by atoms with Crippen LogP contribution in [0.4, 0.5) is 0 Å². The molecule has 0 aliphatic carbocycles. The number of nitrogens with one attached hydrogen (secondary N) is 9. The van der Waals surface area contributed by atoms with E-state index in [4.69, 9.17) is 17.3 Å². The van der Waals surface area contributed by atoms with Crippen molar-refractivity contribution >= 4 is 97.9 Å². The summed E-state index contributed by atoms with van der Waals surface area (Å²) in [4.78, 5) is 153. The number of phenolic OH excluding ortho intramolecular Hbond substituents is 2. The van der Waals surface area contributed by atoms with Crippen LogP contribution in [-0.4, -0.2) is 160 Å². The normalized spacial score (nSPS) is 20.1. The molecular weight excluding hydrogens is 1180 g/mol. The van der Waals surface area contributed by atoms with E-state index in [0.717, 1.165) is 21.6 Å². The van der Waals surface area contributed by atoms with Crippen LogP contribution in [0.1, 0.15) is 79.1 Å². The van der Waals surface area contributed by atoms with Crippen molar-refractivity contribution in [3.05, 3.63) is 130 Å². The topological polar surface area (TPSA) is 383 Å². The molecule has 24 nitrogen and oxygen atoms in total. The molecule has 0 aromatic heterocycles. The number of carbonyl (C=O) groups is 11. The molecule has 0 bridgehead atoms. The number of primary amides is 1. The van der Waals surface area contributed by atoms with E-state index in [1.165, 1.54) is 81.4 Å². The Morgan fingerprint density at radius 3 is 1.72 bits per heavy atom. The highest BCUT2D eigenvalue weighted by Crippen LogP contribution is 2.25. The van der Waals surface area contributed by atoms with Gasteiger partial charge in [-0.15, -0.1) is 0 Å². The molecule has 0 unspecified atom stereocenters. The molecule has 9 amide bonds. The van der Waals surface area contributed by atoms with E-state index in [0.29, 0.717) is 52.2 Å². The number of aliphatic hydroxyl groups excluding tert-OH is 1. The maximum Gasteiger partial charge on any atom is 0.245 e. The Morgan fingerprint density at radius 2 is 1.17 bits per heavy atom. The van der Waals surface area contributed by atoms with Gasteiger partial charge in [-0.25, -0.2) is 0 Å². The third kappa shape index (κ3) is 23.6. The number of amides is 9. The monoisotopic (exact) mass is 1260 g/mol. The lowest BCUT2D eigenvalue weighted by Gasteiger charge is -2.29. The van der Waals surface area contributed by atoms with Crippen molar-refractivity contribution in [3.8, 4) is 11.5 Å². The van der Waals surface area contributed by atoms with Crippen molar-refractivity contribution in [3.63, 3.8) is 0 Å². The van der Waals surface area contributed by atoms with Gasteiger partial charge < -0.3 is 68.9 Å². The molecule has 1 heterocycles. The van der Waals surface area contributed by atoms with E-state index >= 15 is 4.79 Å². The Hall–Kier alpha value is -8.04. The summed E-state index contributed by atoms with van der Waals surface area (Å²) in [5.41, 5.74) is 8.07. The second-order valence-electron chi connectivity index (χ2n) is 21.0. The van der Waals surface area contributed by atoms with Crippen LogP contribution in [0.3, 0.4) is 0 Å². The maximum atomic E-state index is 15.0. The van der Waals surface area contributed by atoms with E-state index in [1.807, 2.05) is 0 Å². The molecule has 1 saturated heterocycles. The Labute approximate surface area is 516 Å².